The third-order valence-corrected chi connectivity index (χ3v) is 3.42. The Labute approximate surface area is 130 Å². The summed E-state index contributed by atoms with van der Waals surface area (Å²) in [4.78, 5) is 11.8. The third-order valence-electron chi connectivity index (χ3n) is 3.42. The smallest absolute Gasteiger partial charge is 0.319 e. The Morgan fingerprint density at radius 1 is 1.36 bits per heavy atom. The zero-order chi connectivity index (χ0) is 16.1. The van der Waals surface area contributed by atoms with Crippen LogP contribution in [0.2, 0.25) is 0 Å². The monoisotopic (exact) mass is 302 g/mol. The number of hydrogen-bond acceptors (Lipinski definition) is 3. The van der Waals surface area contributed by atoms with Crippen molar-refractivity contribution in [2.24, 2.45) is 5.92 Å². The average molecular weight is 302 g/mol. The largest absolute Gasteiger partial charge is 0.391 e. The first-order valence-corrected chi connectivity index (χ1v) is 7.31. The molecule has 1 heterocycles. The molecule has 22 heavy (non-hydrogen) atoms. The maximum absolute atomic E-state index is 11.8. The van der Waals surface area contributed by atoms with E-state index in [0.717, 1.165) is 11.4 Å². The summed E-state index contributed by atoms with van der Waals surface area (Å²) in [7, 11) is 0. The lowest BCUT2D eigenvalue weighted by Crippen LogP contribution is -2.37. The second kappa shape index (κ2) is 7.09. The molecule has 0 spiro atoms. The van der Waals surface area contributed by atoms with Crippen molar-refractivity contribution in [3.05, 3.63) is 42.2 Å². The topological polar surface area (TPSA) is 79.2 Å². The molecule has 0 aliphatic carbocycles. The van der Waals surface area contributed by atoms with E-state index in [2.05, 4.69) is 15.7 Å². The highest BCUT2D eigenvalue weighted by Crippen LogP contribution is 2.15. The fraction of sp³-hybridized carbons (Fsp3) is 0.375. The van der Waals surface area contributed by atoms with Crippen LogP contribution in [-0.2, 0) is 0 Å². The van der Waals surface area contributed by atoms with Crippen LogP contribution in [0.15, 0.2) is 36.5 Å². The fourth-order valence-corrected chi connectivity index (χ4v) is 1.96. The summed E-state index contributed by atoms with van der Waals surface area (Å²) in [6.07, 6.45) is 1.18. The summed E-state index contributed by atoms with van der Waals surface area (Å²) in [5.41, 5.74) is 2.56. The van der Waals surface area contributed by atoms with Gasteiger partial charge in [-0.1, -0.05) is 19.9 Å². The van der Waals surface area contributed by atoms with Crippen molar-refractivity contribution >= 4 is 11.7 Å². The first kappa shape index (κ1) is 16.0. The number of anilines is 1. The number of rotatable bonds is 5. The number of amides is 2. The van der Waals surface area contributed by atoms with Crippen molar-refractivity contribution in [3.63, 3.8) is 0 Å². The Morgan fingerprint density at radius 2 is 2.14 bits per heavy atom. The molecule has 1 aromatic carbocycles. The summed E-state index contributed by atoms with van der Waals surface area (Å²) in [5.74, 6) is 0.103. The molecule has 2 rings (SSSR count). The van der Waals surface area contributed by atoms with Gasteiger partial charge in [-0.2, -0.15) is 5.10 Å². The highest BCUT2D eigenvalue weighted by molar-refractivity contribution is 5.89. The summed E-state index contributed by atoms with van der Waals surface area (Å²) in [6.45, 7) is 5.99. The van der Waals surface area contributed by atoms with Crippen LogP contribution in [-0.4, -0.2) is 33.6 Å². The predicted octanol–water partition coefficient (Wildman–Crippen LogP) is 2.32. The lowest BCUT2D eigenvalue weighted by atomic mass is 10.1. The molecule has 0 aliphatic heterocycles. The summed E-state index contributed by atoms with van der Waals surface area (Å²) in [5, 5.41) is 19.3. The van der Waals surface area contributed by atoms with Gasteiger partial charge in [0.05, 0.1) is 11.8 Å². The summed E-state index contributed by atoms with van der Waals surface area (Å²) >= 11 is 0. The molecule has 0 saturated carbocycles. The van der Waals surface area contributed by atoms with Crippen LogP contribution < -0.4 is 10.6 Å². The maximum Gasteiger partial charge on any atom is 0.319 e. The number of nitrogens with one attached hydrogen (secondary N) is 2. The SMILES string of the molecule is Cc1ccnn1-c1cccc(NC(=O)NCC(O)C(C)C)c1. The van der Waals surface area contributed by atoms with Crippen molar-refractivity contribution < 1.29 is 9.90 Å². The highest BCUT2D eigenvalue weighted by atomic mass is 16.3. The molecule has 2 amide bonds. The molecule has 118 valence electrons. The van der Waals surface area contributed by atoms with E-state index in [1.54, 1.807) is 16.9 Å². The lowest BCUT2D eigenvalue weighted by molar-refractivity contribution is 0.126. The summed E-state index contributed by atoms with van der Waals surface area (Å²) < 4.78 is 1.80. The van der Waals surface area contributed by atoms with Crippen LogP contribution in [0.1, 0.15) is 19.5 Å². The minimum Gasteiger partial charge on any atom is -0.391 e. The van der Waals surface area contributed by atoms with Gasteiger partial charge in [-0.3, -0.25) is 0 Å². The first-order valence-electron chi connectivity index (χ1n) is 7.31. The number of carbonyl (C=O) groups is 1. The van der Waals surface area contributed by atoms with Crippen LogP contribution in [0.3, 0.4) is 0 Å². The second-order valence-electron chi connectivity index (χ2n) is 5.58. The van der Waals surface area contributed by atoms with Crippen molar-refractivity contribution in [1.82, 2.24) is 15.1 Å². The second-order valence-corrected chi connectivity index (χ2v) is 5.58. The van der Waals surface area contributed by atoms with Gasteiger partial charge in [-0.15, -0.1) is 0 Å². The molecule has 0 saturated heterocycles. The third kappa shape index (κ3) is 4.08. The minimum atomic E-state index is -0.552. The number of benzene rings is 1. The van der Waals surface area contributed by atoms with Gasteiger partial charge in [-0.05, 0) is 37.1 Å². The highest BCUT2D eigenvalue weighted by Gasteiger charge is 2.11. The molecule has 6 heteroatoms. The maximum atomic E-state index is 11.8. The predicted molar refractivity (Wildman–Crippen MR) is 86.2 cm³/mol. The van der Waals surface area contributed by atoms with Gasteiger partial charge >= 0.3 is 6.03 Å². The van der Waals surface area contributed by atoms with Crippen molar-refractivity contribution in [1.29, 1.82) is 0 Å². The van der Waals surface area contributed by atoms with Gasteiger partial charge < -0.3 is 15.7 Å². The standard InChI is InChI=1S/C16H22N4O2/c1-11(2)15(21)10-17-16(22)19-13-5-4-6-14(9-13)20-12(3)7-8-18-20/h4-9,11,15,21H,10H2,1-3H3,(H2,17,19,22). The van der Waals surface area contributed by atoms with Gasteiger partial charge in [-0.25, -0.2) is 9.48 Å². The molecule has 0 aliphatic rings. The van der Waals surface area contributed by atoms with E-state index in [1.165, 1.54) is 0 Å². The Morgan fingerprint density at radius 3 is 2.77 bits per heavy atom. The number of aliphatic hydroxyl groups excluding tert-OH is 1. The molecule has 1 aromatic heterocycles. The van der Waals surface area contributed by atoms with Gasteiger partial charge in [0.2, 0.25) is 0 Å². The van der Waals surface area contributed by atoms with Crippen molar-refractivity contribution in [3.8, 4) is 5.69 Å². The molecule has 2 aromatic rings. The van der Waals surface area contributed by atoms with E-state index >= 15 is 0 Å². The van der Waals surface area contributed by atoms with E-state index in [4.69, 9.17) is 0 Å². The number of aryl methyl sites for hydroxylation is 1. The van der Waals surface area contributed by atoms with Crippen LogP contribution in [0.25, 0.3) is 5.69 Å². The normalized spacial score (nSPS) is 12.2. The van der Waals surface area contributed by atoms with Crippen molar-refractivity contribution in [2.75, 3.05) is 11.9 Å². The molecular formula is C16H22N4O2. The van der Waals surface area contributed by atoms with Crippen LogP contribution >= 0.6 is 0 Å². The fourth-order valence-electron chi connectivity index (χ4n) is 1.96. The van der Waals surface area contributed by atoms with Gasteiger partial charge in [0.25, 0.3) is 0 Å². The molecule has 6 nitrogen and oxygen atoms in total. The molecule has 0 fully saturated rings. The average Bonchev–Trinajstić information content (AvgIpc) is 2.91. The molecule has 0 bridgehead atoms. The number of nitrogens with zero attached hydrogens (tertiary/aromatic N) is 2. The number of carbonyl (C=O) groups excluding carboxylic acids is 1. The molecule has 0 radical (unpaired) electrons. The molecular weight excluding hydrogens is 280 g/mol. The van der Waals surface area contributed by atoms with Gasteiger partial charge in [0.1, 0.15) is 0 Å². The molecule has 1 unspecified atom stereocenters. The van der Waals surface area contributed by atoms with E-state index in [-0.39, 0.29) is 18.5 Å². The van der Waals surface area contributed by atoms with E-state index in [9.17, 15) is 9.90 Å². The Hall–Kier alpha value is -2.34. The Balaban J connectivity index is 1.99. The summed E-state index contributed by atoms with van der Waals surface area (Å²) in [6, 6.07) is 9.01. The van der Waals surface area contributed by atoms with E-state index in [0.29, 0.717) is 5.69 Å². The van der Waals surface area contributed by atoms with Crippen molar-refractivity contribution in [2.45, 2.75) is 26.9 Å². The van der Waals surface area contributed by atoms with Gasteiger partial charge in [0, 0.05) is 24.1 Å². The zero-order valence-corrected chi connectivity index (χ0v) is 13.1. The number of aliphatic hydroxyl groups is 1. The minimum absolute atomic E-state index is 0.103. The van der Waals surface area contributed by atoms with Gasteiger partial charge in [0.15, 0.2) is 0 Å². The first-order chi connectivity index (χ1) is 10.5. The quantitative estimate of drug-likeness (QED) is 0.793. The van der Waals surface area contributed by atoms with E-state index in [1.807, 2.05) is 45.0 Å². The Kier molecular flexibility index (Phi) is 5.16. The number of hydrogen-bond donors (Lipinski definition) is 3. The van der Waals surface area contributed by atoms with Crippen LogP contribution in [0, 0.1) is 12.8 Å². The van der Waals surface area contributed by atoms with E-state index < -0.39 is 6.10 Å². The Bertz CT molecular complexity index is 637. The lowest BCUT2D eigenvalue weighted by Gasteiger charge is -2.15. The van der Waals surface area contributed by atoms with Crippen LogP contribution in [0.4, 0.5) is 10.5 Å². The number of aromatic nitrogens is 2. The van der Waals surface area contributed by atoms with Crippen LogP contribution in [0.5, 0.6) is 0 Å². The number of urea groups is 1. The zero-order valence-electron chi connectivity index (χ0n) is 13.1. The molecule has 1 atom stereocenters. The molecule has 3 N–H and O–H groups in total.